The van der Waals surface area contributed by atoms with Crippen LogP contribution in [0.1, 0.15) is 79.6 Å². The van der Waals surface area contributed by atoms with Gasteiger partial charge >= 0.3 is 11.9 Å². The Kier molecular flexibility index (Phi) is 7.30. The van der Waals surface area contributed by atoms with Crippen molar-refractivity contribution in [2.45, 2.75) is 95.7 Å². The SMILES string of the molecule is CC[C@@]1(C)/C(=C\C(=O)OC)[C@@H](SC(C)=O)[C@H](SC(C)=O)[C@@H]2[C@@H]1CC[C@@]1(C)[C@H]2CC[C@@]12CCC(=O)O2. The summed E-state index contributed by atoms with van der Waals surface area (Å²) in [5, 5.41) is -0.439. The molecule has 0 N–H and O–H groups in total. The lowest BCUT2D eigenvalue weighted by molar-refractivity contribution is -0.167. The molecule has 194 valence electrons. The number of hydrogen-bond donors (Lipinski definition) is 0. The van der Waals surface area contributed by atoms with Gasteiger partial charge in [-0.2, -0.15) is 0 Å². The minimum atomic E-state index is -0.419. The third kappa shape index (κ3) is 4.20. The Bertz CT molecular complexity index is 961. The normalized spacial score (nSPS) is 43.5. The van der Waals surface area contributed by atoms with Crippen LogP contribution < -0.4 is 0 Å². The molecule has 0 aromatic carbocycles. The van der Waals surface area contributed by atoms with Crippen molar-refractivity contribution in [1.29, 1.82) is 0 Å². The molecule has 0 unspecified atom stereocenters. The molecular formula is C27H38O6S2. The van der Waals surface area contributed by atoms with Crippen LogP contribution in [0.5, 0.6) is 0 Å². The van der Waals surface area contributed by atoms with Crippen LogP contribution >= 0.6 is 23.5 Å². The summed E-state index contributed by atoms with van der Waals surface area (Å²) in [4.78, 5) is 49.9. The number of carbonyl (C=O) groups is 4. The first kappa shape index (κ1) is 26.8. The molecule has 1 spiro atoms. The van der Waals surface area contributed by atoms with E-state index in [9.17, 15) is 19.2 Å². The fraction of sp³-hybridized carbons (Fsp3) is 0.778. The molecular weight excluding hydrogens is 484 g/mol. The van der Waals surface area contributed by atoms with Gasteiger partial charge in [-0.05, 0) is 67.3 Å². The van der Waals surface area contributed by atoms with Crippen molar-refractivity contribution in [2.24, 2.45) is 28.6 Å². The Labute approximate surface area is 217 Å². The smallest absolute Gasteiger partial charge is 0.330 e. The predicted molar refractivity (Wildman–Crippen MR) is 138 cm³/mol. The molecule has 1 heterocycles. The first-order valence-electron chi connectivity index (χ1n) is 12.8. The van der Waals surface area contributed by atoms with Crippen LogP contribution in [0, 0.1) is 28.6 Å². The first-order chi connectivity index (χ1) is 16.4. The van der Waals surface area contributed by atoms with Gasteiger partial charge in [0.15, 0.2) is 10.2 Å². The third-order valence-corrected chi connectivity index (χ3v) is 12.4. The lowest BCUT2D eigenvalue weighted by atomic mass is 9.47. The van der Waals surface area contributed by atoms with Gasteiger partial charge in [-0.25, -0.2) is 4.79 Å². The Morgan fingerprint density at radius 2 is 1.71 bits per heavy atom. The molecule has 3 saturated carbocycles. The molecule has 4 fully saturated rings. The summed E-state index contributed by atoms with van der Waals surface area (Å²) in [6, 6.07) is 0. The molecule has 0 aromatic rings. The van der Waals surface area contributed by atoms with Crippen LogP contribution in [0.3, 0.4) is 0 Å². The van der Waals surface area contributed by atoms with E-state index in [0.717, 1.165) is 44.1 Å². The molecule has 0 aromatic heterocycles. The minimum absolute atomic E-state index is 0.0210. The van der Waals surface area contributed by atoms with Crippen LogP contribution in [-0.4, -0.2) is 45.4 Å². The Morgan fingerprint density at radius 1 is 1.06 bits per heavy atom. The van der Waals surface area contributed by atoms with E-state index >= 15 is 0 Å². The molecule has 8 heteroatoms. The van der Waals surface area contributed by atoms with Gasteiger partial charge in [0.25, 0.3) is 0 Å². The summed E-state index contributed by atoms with van der Waals surface area (Å²) in [5.74, 6) is 0.202. The fourth-order valence-corrected chi connectivity index (χ4v) is 10.8. The second-order valence-electron chi connectivity index (χ2n) is 11.3. The zero-order chi connectivity index (χ0) is 25.8. The standard InChI is InChI=1S/C27H38O6S2/c1-7-25(4)17-8-11-26(5)18(9-12-27(26)13-10-20(30)33-27)22(17)24(35-16(3)29)23(34-15(2)28)19(25)14-21(31)32-6/h14,17-18,22-24H,7-13H2,1-6H3/b19-14-/t17-,18-,22+,23+,24+,25+,26-,27+/m0/s1. The van der Waals surface area contributed by atoms with E-state index in [1.54, 1.807) is 19.9 Å². The maximum Gasteiger partial charge on any atom is 0.330 e. The van der Waals surface area contributed by atoms with Gasteiger partial charge in [-0.3, -0.25) is 14.4 Å². The van der Waals surface area contributed by atoms with Gasteiger partial charge in [-0.15, -0.1) is 0 Å². The molecule has 6 nitrogen and oxygen atoms in total. The number of rotatable bonds is 4. The molecule has 4 aliphatic rings. The van der Waals surface area contributed by atoms with Gasteiger partial charge in [0.05, 0.1) is 7.11 Å². The van der Waals surface area contributed by atoms with Gasteiger partial charge < -0.3 is 9.47 Å². The second-order valence-corrected chi connectivity index (χ2v) is 13.9. The van der Waals surface area contributed by atoms with Crippen LogP contribution in [-0.2, 0) is 28.7 Å². The molecule has 0 amide bonds. The summed E-state index contributed by atoms with van der Waals surface area (Å²) in [6.07, 6.45) is 7.37. The van der Waals surface area contributed by atoms with Crippen LogP contribution in [0.25, 0.3) is 0 Å². The van der Waals surface area contributed by atoms with Gasteiger partial charge in [0.2, 0.25) is 0 Å². The van der Waals surface area contributed by atoms with Gasteiger partial charge in [0.1, 0.15) is 5.60 Å². The summed E-state index contributed by atoms with van der Waals surface area (Å²) in [6.45, 7) is 9.82. The second kappa shape index (κ2) is 9.55. The van der Waals surface area contributed by atoms with Crippen molar-refractivity contribution >= 4 is 45.7 Å². The van der Waals surface area contributed by atoms with E-state index < -0.39 is 11.6 Å². The molecule has 3 aliphatic carbocycles. The number of hydrogen-bond acceptors (Lipinski definition) is 8. The van der Waals surface area contributed by atoms with Crippen LogP contribution in [0.15, 0.2) is 11.6 Å². The zero-order valence-electron chi connectivity index (χ0n) is 21.7. The highest BCUT2D eigenvalue weighted by molar-refractivity contribution is 8.17. The molecule has 4 rings (SSSR count). The number of thioether (sulfide) groups is 2. The predicted octanol–water partition coefficient (Wildman–Crippen LogP) is 5.33. The first-order valence-corrected chi connectivity index (χ1v) is 14.5. The zero-order valence-corrected chi connectivity index (χ0v) is 23.3. The monoisotopic (exact) mass is 522 g/mol. The highest BCUT2D eigenvalue weighted by Gasteiger charge is 2.69. The lowest BCUT2D eigenvalue weighted by Gasteiger charge is -2.62. The quantitative estimate of drug-likeness (QED) is 0.362. The van der Waals surface area contributed by atoms with Crippen LogP contribution in [0.4, 0.5) is 0 Å². The van der Waals surface area contributed by atoms with E-state index in [2.05, 4.69) is 20.8 Å². The topological polar surface area (TPSA) is 86.7 Å². The molecule has 35 heavy (non-hydrogen) atoms. The molecule has 0 radical (unpaired) electrons. The molecule has 1 aliphatic heterocycles. The largest absolute Gasteiger partial charge is 0.466 e. The van der Waals surface area contributed by atoms with Crippen molar-refractivity contribution in [2.75, 3.05) is 7.11 Å². The highest BCUT2D eigenvalue weighted by atomic mass is 32.2. The van der Waals surface area contributed by atoms with Crippen molar-refractivity contribution in [1.82, 2.24) is 0 Å². The number of methoxy groups -OCH3 is 1. The average Bonchev–Trinajstić information content (AvgIpc) is 3.32. The Hall–Kier alpha value is -1.28. The van der Waals surface area contributed by atoms with E-state index in [1.807, 2.05) is 0 Å². The van der Waals surface area contributed by atoms with E-state index in [-0.39, 0.29) is 55.3 Å². The highest BCUT2D eigenvalue weighted by Crippen LogP contribution is 2.71. The van der Waals surface area contributed by atoms with E-state index in [4.69, 9.17) is 9.47 Å². The molecule has 1 saturated heterocycles. The molecule has 0 bridgehead atoms. The summed E-state index contributed by atoms with van der Waals surface area (Å²) in [5.41, 5.74) is 0.0535. The van der Waals surface area contributed by atoms with Gasteiger partial charge in [0, 0.05) is 42.3 Å². The van der Waals surface area contributed by atoms with E-state index in [1.165, 1.54) is 30.6 Å². The number of carbonyl (C=O) groups excluding carboxylic acids is 4. The van der Waals surface area contributed by atoms with Crippen LogP contribution in [0.2, 0.25) is 0 Å². The third-order valence-electron chi connectivity index (χ3n) is 9.93. The average molecular weight is 523 g/mol. The number of fused-ring (bicyclic) bond motifs is 4. The van der Waals surface area contributed by atoms with Gasteiger partial charge in [-0.1, -0.05) is 44.3 Å². The van der Waals surface area contributed by atoms with Crippen molar-refractivity contribution in [3.8, 4) is 0 Å². The maximum atomic E-state index is 12.6. The summed E-state index contributed by atoms with van der Waals surface area (Å²) < 4.78 is 11.1. The van der Waals surface area contributed by atoms with E-state index in [0.29, 0.717) is 6.42 Å². The Balaban J connectivity index is 1.87. The summed E-state index contributed by atoms with van der Waals surface area (Å²) in [7, 11) is 1.37. The lowest BCUT2D eigenvalue weighted by Crippen LogP contribution is -2.60. The number of esters is 2. The summed E-state index contributed by atoms with van der Waals surface area (Å²) >= 11 is 2.57. The van der Waals surface area contributed by atoms with Crippen molar-refractivity contribution in [3.63, 3.8) is 0 Å². The fourth-order valence-electron chi connectivity index (χ4n) is 8.15. The maximum absolute atomic E-state index is 12.6. The minimum Gasteiger partial charge on any atom is -0.466 e. The van der Waals surface area contributed by atoms with Crippen molar-refractivity contribution < 1.29 is 28.7 Å². The van der Waals surface area contributed by atoms with Crippen molar-refractivity contribution in [3.05, 3.63) is 11.6 Å². The number of ether oxygens (including phenoxy) is 2. The Morgan fingerprint density at radius 3 is 2.26 bits per heavy atom. The molecule has 8 atom stereocenters.